The Hall–Kier alpha value is -9.00. The first-order chi connectivity index (χ1) is 38.5. The molecule has 4 aromatic heterocycles. The third kappa shape index (κ3) is 6.41. The summed E-state index contributed by atoms with van der Waals surface area (Å²) in [6.07, 6.45) is 3.45. The van der Waals surface area contributed by atoms with Crippen molar-refractivity contribution in [3.63, 3.8) is 0 Å². The van der Waals surface area contributed by atoms with Crippen molar-refractivity contribution >= 4 is 54.6 Å². The van der Waals surface area contributed by atoms with Crippen molar-refractivity contribution in [3.8, 4) is 56.6 Å². The van der Waals surface area contributed by atoms with Crippen molar-refractivity contribution in [1.82, 2.24) is 18.7 Å². The Bertz CT molecular complexity index is 4570. The van der Waals surface area contributed by atoms with Crippen LogP contribution < -0.4 is 9.30 Å². The molecule has 4 heterocycles. The lowest BCUT2D eigenvalue weighted by molar-refractivity contribution is -0.571. The monoisotopic (exact) mass is 885 g/mol. The van der Waals surface area contributed by atoms with E-state index in [9.17, 15) is 0 Å². The summed E-state index contributed by atoms with van der Waals surface area (Å²) in [5.74, 6) is 1.44. The molecule has 6 nitrogen and oxygen atoms in total. The van der Waals surface area contributed by atoms with Gasteiger partial charge < -0.3 is 9.30 Å². The highest BCUT2D eigenvalue weighted by molar-refractivity contribution is 6.16. The third-order valence-corrected chi connectivity index (χ3v) is 12.5. The molecule has 0 unspecified atom stereocenters. The highest BCUT2D eigenvalue weighted by Gasteiger charge is 2.23. The smallest absolute Gasteiger partial charge is 0.269 e. The molecule has 0 aliphatic carbocycles. The van der Waals surface area contributed by atoms with Gasteiger partial charge in [0, 0.05) is 42.6 Å². The Labute approximate surface area is 410 Å². The lowest BCUT2D eigenvalue weighted by atomic mass is 9.95. The molecule has 0 N–H and O–H groups in total. The molecule has 0 saturated heterocycles. The Morgan fingerprint density at radius 1 is 0.559 bits per heavy atom. The summed E-state index contributed by atoms with van der Waals surface area (Å²) in [6.45, 7) is 1.53. The van der Waals surface area contributed by atoms with Crippen LogP contribution in [0.4, 0.5) is 0 Å². The second-order valence-corrected chi connectivity index (χ2v) is 16.3. The highest BCUT2D eigenvalue weighted by Crippen LogP contribution is 2.43. The number of aromatic nitrogens is 5. The number of aryl methyl sites for hydroxylation is 1. The highest BCUT2D eigenvalue weighted by atomic mass is 16.5. The third-order valence-electron chi connectivity index (χ3n) is 12.5. The molecule has 0 atom stereocenters. The first-order valence-corrected chi connectivity index (χ1v) is 22.1. The van der Waals surface area contributed by atoms with E-state index in [-0.39, 0.29) is 27.9 Å². The number of ether oxygens (including phenoxy) is 1. The van der Waals surface area contributed by atoms with Crippen molar-refractivity contribution in [2.75, 3.05) is 0 Å². The molecular weight excluding hydrogens is 831 g/mol. The van der Waals surface area contributed by atoms with E-state index in [1.54, 1.807) is 45.7 Å². The fraction of sp³-hybridized carbons (Fsp3) is 0.0323. The molecule has 13 rings (SSSR count). The predicted molar refractivity (Wildman–Crippen MR) is 277 cm³/mol. The maximum absolute atomic E-state index is 9.10. The number of imidazole rings is 1. The zero-order chi connectivity index (χ0) is 55.6. The van der Waals surface area contributed by atoms with Gasteiger partial charge in [-0.2, -0.15) is 0 Å². The van der Waals surface area contributed by atoms with Gasteiger partial charge >= 0.3 is 0 Å². The summed E-state index contributed by atoms with van der Waals surface area (Å²) >= 11 is 0. The first kappa shape index (κ1) is 28.8. The number of fused-ring (bicyclic) bond motifs is 7. The Kier molecular flexibility index (Phi) is 6.84. The van der Waals surface area contributed by atoms with Crippen LogP contribution in [-0.2, 0) is 6.37 Å². The summed E-state index contributed by atoms with van der Waals surface area (Å²) < 4.78 is 120. The van der Waals surface area contributed by atoms with E-state index in [4.69, 9.17) is 26.2 Å². The minimum atomic E-state index is -1.65. The van der Waals surface area contributed by atoms with Crippen LogP contribution in [0.15, 0.2) is 230 Å². The second-order valence-electron chi connectivity index (χ2n) is 16.3. The number of para-hydroxylation sites is 6. The van der Waals surface area contributed by atoms with Gasteiger partial charge in [0.25, 0.3) is 6.33 Å². The molecule has 0 spiro atoms. The molecule has 322 valence electrons. The van der Waals surface area contributed by atoms with Crippen LogP contribution >= 0.6 is 0 Å². The molecule has 0 radical (unpaired) electrons. The van der Waals surface area contributed by atoms with Crippen LogP contribution in [0.1, 0.15) is 28.9 Å². The van der Waals surface area contributed by atoms with Crippen LogP contribution in [0.5, 0.6) is 11.5 Å². The van der Waals surface area contributed by atoms with E-state index < -0.39 is 66.8 Å². The average molecular weight is 886 g/mol. The van der Waals surface area contributed by atoms with Gasteiger partial charge in [-0.25, -0.2) is 4.98 Å². The van der Waals surface area contributed by atoms with Crippen molar-refractivity contribution in [2.24, 2.45) is 0 Å². The molecule has 6 heteroatoms. The van der Waals surface area contributed by atoms with Crippen LogP contribution in [0.2, 0.25) is 0 Å². The molecule has 0 bridgehead atoms. The predicted octanol–water partition coefficient (Wildman–Crippen LogP) is 15.0. The summed E-state index contributed by atoms with van der Waals surface area (Å²) in [5.41, 5.74) is 6.72. The maximum atomic E-state index is 9.10. The number of nitrogens with zero attached hydrogens (tertiary/aromatic N) is 5. The molecule has 13 aromatic rings. The van der Waals surface area contributed by atoms with Crippen LogP contribution in [0.25, 0.3) is 99.8 Å². The standard InChI is InChI=1S/C62H43N5O/c1-2-42-35-36-63-60(37-42)67-55-32-14-11-27-52(55)61-58(66-53-30-12-9-25-50(53)51-26-10-13-31-54(51)66)39-47(40-59(61)67)68-46-24-17-23-45(38-46)64-41-65(57-34-16-15-33-56(57)64)62-48(43-19-5-3-6-20-43)28-18-29-49(62)44-21-7-4-8-22-44/h3-40H,2H2,1H3/i2D2,3D,4D,5D,6D,7D,8D,19D,20D,21D,22D. The molecule has 68 heavy (non-hydrogen) atoms. The lowest BCUT2D eigenvalue weighted by Gasteiger charge is -2.17. The second kappa shape index (κ2) is 16.2. The average Bonchev–Trinajstić information content (AvgIpc) is 4.34. The fourth-order valence-corrected chi connectivity index (χ4v) is 9.61. The van der Waals surface area contributed by atoms with Crippen molar-refractivity contribution < 1.29 is 25.8 Å². The van der Waals surface area contributed by atoms with Gasteiger partial charge in [-0.1, -0.05) is 170 Å². The van der Waals surface area contributed by atoms with Gasteiger partial charge in [0.15, 0.2) is 0 Å². The van der Waals surface area contributed by atoms with E-state index in [1.165, 1.54) is 6.92 Å². The fourth-order valence-electron chi connectivity index (χ4n) is 9.61. The number of pyridine rings is 1. The molecule has 0 fully saturated rings. The topological polar surface area (TPSA) is 40.8 Å². The Balaban J connectivity index is 1.03. The normalized spacial score (nSPS) is 14.4. The van der Waals surface area contributed by atoms with Gasteiger partial charge in [0.2, 0.25) is 0 Å². The van der Waals surface area contributed by atoms with E-state index in [2.05, 4.69) is 41.2 Å². The van der Waals surface area contributed by atoms with Gasteiger partial charge in [-0.05, 0) is 82.7 Å². The van der Waals surface area contributed by atoms with E-state index in [1.807, 2.05) is 108 Å². The van der Waals surface area contributed by atoms with Gasteiger partial charge in [-0.3, -0.25) is 13.7 Å². The Morgan fingerprint density at radius 3 is 1.84 bits per heavy atom. The van der Waals surface area contributed by atoms with Crippen LogP contribution in [-0.4, -0.2) is 18.7 Å². The van der Waals surface area contributed by atoms with Gasteiger partial charge in [0.05, 0.1) is 63.9 Å². The zero-order valence-electron chi connectivity index (χ0n) is 48.3. The first-order valence-electron chi connectivity index (χ1n) is 28.1. The van der Waals surface area contributed by atoms with Crippen LogP contribution in [0.3, 0.4) is 0 Å². The van der Waals surface area contributed by atoms with E-state index >= 15 is 0 Å². The van der Waals surface area contributed by atoms with Crippen molar-refractivity contribution in [3.05, 3.63) is 242 Å². The summed E-state index contributed by atoms with van der Waals surface area (Å²) in [4.78, 5) is 4.83. The number of hydrogen-bond donors (Lipinski definition) is 0. The molecule has 0 aliphatic rings. The van der Waals surface area contributed by atoms with Gasteiger partial charge in [-0.15, -0.1) is 0 Å². The minimum absolute atomic E-state index is 0.134. The molecule has 9 aromatic carbocycles. The van der Waals surface area contributed by atoms with Crippen molar-refractivity contribution in [1.29, 1.82) is 0 Å². The molecule has 0 amide bonds. The number of benzene rings is 9. The zero-order valence-corrected chi connectivity index (χ0v) is 36.3. The van der Waals surface area contributed by atoms with Crippen molar-refractivity contribution in [2.45, 2.75) is 13.3 Å². The largest absolute Gasteiger partial charge is 0.458 e. The summed E-state index contributed by atoms with van der Waals surface area (Å²) in [7, 11) is 0. The van der Waals surface area contributed by atoms with E-state index in [0.29, 0.717) is 39.6 Å². The number of rotatable bonds is 9. The summed E-state index contributed by atoms with van der Waals surface area (Å²) in [6, 6.07) is 46.2. The summed E-state index contributed by atoms with van der Waals surface area (Å²) in [5, 5.41) is 4.01. The quantitative estimate of drug-likeness (QED) is 0.107. The molecular formula is C62H43N5O. The van der Waals surface area contributed by atoms with Crippen LogP contribution in [0, 0.1) is 6.33 Å². The minimum Gasteiger partial charge on any atom is -0.458 e. The molecule has 0 aliphatic heterocycles. The number of hydrogen-bond acceptors (Lipinski definition) is 2. The lowest BCUT2D eigenvalue weighted by Crippen LogP contribution is -2.31. The Morgan fingerprint density at radius 2 is 1.16 bits per heavy atom. The van der Waals surface area contributed by atoms with E-state index in [0.717, 1.165) is 49.3 Å². The maximum Gasteiger partial charge on any atom is 0.269 e. The SMILES string of the molecule is [2H]c1c([2H])c([2H])c(-c2cccc(-c3c([2H])c([2H])c([2H])c([2H])c3[2H])c2-[n+]2[c-]n(-c3cccc(Oc4cc(-n5c6ccccc6c6ccccc65)c5c6ccccc6n(-c6cc(C([2H])([2H])C)ccn6)c5c4)c3)c3ccccc32)c([2H])c1[2H]. The molecule has 0 saturated carbocycles. The van der Waals surface area contributed by atoms with Gasteiger partial charge in [0.1, 0.15) is 17.3 Å².